The van der Waals surface area contributed by atoms with Crippen molar-refractivity contribution in [3.8, 4) is 0 Å². The van der Waals surface area contributed by atoms with Crippen LogP contribution in [0.4, 0.5) is 0 Å². The molecule has 6 nitrogen and oxygen atoms in total. The summed E-state index contributed by atoms with van der Waals surface area (Å²) in [4.78, 5) is 27.2. The first kappa shape index (κ1) is 26.3. The average molecular weight is 501 g/mol. The minimum Gasteiger partial charge on any atom is -0.392 e. The van der Waals surface area contributed by atoms with Gasteiger partial charge in [0, 0.05) is 29.6 Å². The summed E-state index contributed by atoms with van der Waals surface area (Å²) in [5.74, 6) is -0.281. The lowest BCUT2D eigenvalue weighted by atomic mass is 9.38. The van der Waals surface area contributed by atoms with Gasteiger partial charge >= 0.3 is 0 Å². The molecule has 10 atom stereocenters. The Hall–Kier alpha value is -1.34. The average Bonchev–Trinajstić information content (AvgIpc) is 2.99. The number of Topliss-reactive ketones (excluding diaryl/α,β-unsaturated/α-hetero) is 2. The van der Waals surface area contributed by atoms with E-state index in [2.05, 4.69) is 26.8 Å². The van der Waals surface area contributed by atoms with Gasteiger partial charge in [-0.25, -0.2) is 0 Å². The largest absolute Gasteiger partial charge is 0.392 e. The quantitative estimate of drug-likeness (QED) is 0.499. The van der Waals surface area contributed by atoms with Gasteiger partial charge in [-0.2, -0.15) is 0 Å². The van der Waals surface area contributed by atoms with Crippen LogP contribution in [0.5, 0.6) is 0 Å². The van der Waals surface area contributed by atoms with Crippen LogP contribution in [0.25, 0.3) is 0 Å². The van der Waals surface area contributed by atoms with Gasteiger partial charge < -0.3 is 20.1 Å². The molecule has 0 bridgehead atoms. The number of fused-ring (bicyclic) bond motifs is 7. The Morgan fingerprint density at radius 3 is 2.42 bits per heavy atom. The fraction of sp³-hybridized carbons (Fsp3) is 0.800. The molecule has 0 amide bonds. The molecule has 0 aromatic heterocycles. The van der Waals surface area contributed by atoms with Gasteiger partial charge in [-0.15, -0.1) is 0 Å². The van der Waals surface area contributed by atoms with Gasteiger partial charge in [0.05, 0.1) is 24.4 Å². The molecule has 200 valence electrons. The highest BCUT2D eigenvalue weighted by Crippen LogP contribution is 2.75. The van der Waals surface area contributed by atoms with E-state index in [1.54, 1.807) is 0 Å². The van der Waals surface area contributed by atoms with Crippen molar-refractivity contribution in [1.29, 1.82) is 0 Å². The first-order valence-corrected chi connectivity index (χ1v) is 13.7. The number of ketones is 2. The second-order valence-electron chi connectivity index (χ2n) is 14.1. The number of hydrogen-bond acceptors (Lipinski definition) is 6. The summed E-state index contributed by atoms with van der Waals surface area (Å²) in [6.07, 6.45) is 5.16. The maximum atomic E-state index is 14.3. The Morgan fingerprint density at radius 1 is 1.11 bits per heavy atom. The molecule has 3 N–H and O–H groups in total. The van der Waals surface area contributed by atoms with E-state index in [9.17, 15) is 24.9 Å². The van der Waals surface area contributed by atoms with E-state index in [0.717, 1.165) is 17.6 Å². The molecule has 0 aromatic rings. The van der Waals surface area contributed by atoms with E-state index in [0.29, 0.717) is 25.7 Å². The molecule has 3 saturated carbocycles. The van der Waals surface area contributed by atoms with E-state index in [-0.39, 0.29) is 53.6 Å². The molecule has 1 saturated heterocycles. The number of aliphatic hydroxyl groups is 3. The van der Waals surface area contributed by atoms with Crippen LogP contribution in [0.3, 0.4) is 0 Å². The highest BCUT2D eigenvalue weighted by atomic mass is 16.5. The normalized spacial score (nSPS) is 52.2. The third-order valence-corrected chi connectivity index (χ3v) is 11.7. The monoisotopic (exact) mass is 500 g/mol. The lowest BCUT2D eigenvalue weighted by Crippen LogP contribution is -2.65. The Morgan fingerprint density at radius 2 is 1.78 bits per heavy atom. The molecule has 5 aliphatic rings. The van der Waals surface area contributed by atoms with Crippen LogP contribution in [0.2, 0.25) is 0 Å². The fourth-order valence-electron chi connectivity index (χ4n) is 9.86. The Kier molecular flexibility index (Phi) is 5.72. The molecule has 0 aromatic carbocycles. The van der Waals surface area contributed by atoms with Crippen molar-refractivity contribution in [2.75, 3.05) is 6.61 Å². The molecule has 1 aliphatic heterocycles. The van der Waals surface area contributed by atoms with Gasteiger partial charge in [-0.1, -0.05) is 38.5 Å². The van der Waals surface area contributed by atoms with Gasteiger partial charge in [0.1, 0.15) is 11.9 Å². The summed E-state index contributed by atoms with van der Waals surface area (Å²) in [6.45, 7) is 14.0. The van der Waals surface area contributed by atoms with Crippen LogP contribution >= 0.6 is 0 Å². The fourth-order valence-corrected chi connectivity index (χ4v) is 9.86. The van der Waals surface area contributed by atoms with E-state index in [1.807, 2.05) is 33.8 Å². The SMILES string of the molecule is C/C(=C/[C@H]1C[C@](C)(O)[C@H]2[C@@H](C[C@@]3(C)[C@@H]4CC=C5[C@@H](C[C@H](O)C(=O)C5(C)C)[C@]4(C)C(=O)C[C@]23C)O1)CO. The lowest BCUT2D eigenvalue weighted by molar-refractivity contribution is -0.201. The summed E-state index contributed by atoms with van der Waals surface area (Å²) in [7, 11) is 0. The standard InChI is InChI=1S/C30H44O6/c1-16(15-31)10-17-12-29(6,35)24-21(36-17)13-27(4)22-9-8-18-19(11-20(32)25(34)26(18,2)3)30(22,7)23(33)14-28(24,27)5/h8,10,17,19-22,24,31-32,35H,9,11-15H2,1-7H3/b16-10-/t17-,19+,20-,21+,22-,24-,27-,28+,29-,30-/m0/s1. The summed E-state index contributed by atoms with van der Waals surface area (Å²) < 4.78 is 6.60. The van der Waals surface area contributed by atoms with Crippen LogP contribution in [0.15, 0.2) is 23.3 Å². The molecule has 6 heteroatoms. The van der Waals surface area contributed by atoms with Crippen molar-refractivity contribution in [3.63, 3.8) is 0 Å². The summed E-state index contributed by atoms with van der Waals surface area (Å²) in [5, 5.41) is 32.1. The smallest absolute Gasteiger partial charge is 0.170 e. The van der Waals surface area contributed by atoms with Crippen LogP contribution in [0.1, 0.15) is 80.6 Å². The van der Waals surface area contributed by atoms with E-state index in [4.69, 9.17) is 4.74 Å². The molecule has 4 fully saturated rings. The molecular formula is C30H44O6. The zero-order chi connectivity index (χ0) is 26.6. The number of rotatable bonds is 2. The Bertz CT molecular complexity index is 1050. The maximum Gasteiger partial charge on any atom is 0.170 e. The van der Waals surface area contributed by atoms with Gasteiger partial charge in [-0.05, 0) is 75.2 Å². The van der Waals surface area contributed by atoms with Crippen molar-refractivity contribution in [2.24, 2.45) is 39.4 Å². The van der Waals surface area contributed by atoms with E-state index < -0.39 is 27.9 Å². The molecular weight excluding hydrogens is 456 g/mol. The van der Waals surface area contributed by atoms with Crippen molar-refractivity contribution in [3.05, 3.63) is 23.3 Å². The number of carbonyl (C=O) groups excluding carboxylic acids is 2. The first-order valence-electron chi connectivity index (χ1n) is 13.7. The van der Waals surface area contributed by atoms with Crippen molar-refractivity contribution < 1.29 is 29.6 Å². The molecule has 5 rings (SSSR count). The number of hydrogen-bond donors (Lipinski definition) is 3. The zero-order valence-corrected chi connectivity index (χ0v) is 22.9. The van der Waals surface area contributed by atoms with E-state index in [1.165, 1.54) is 0 Å². The summed E-state index contributed by atoms with van der Waals surface area (Å²) in [5.41, 5.74) is -1.33. The molecule has 0 spiro atoms. The summed E-state index contributed by atoms with van der Waals surface area (Å²) in [6, 6.07) is 0. The van der Waals surface area contributed by atoms with Crippen LogP contribution in [-0.4, -0.2) is 57.4 Å². The number of aliphatic hydroxyl groups excluding tert-OH is 2. The minimum absolute atomic E-state index is 0.0272. The second-order valence-corrected chi connectivity index (χ2v) is 14.1. The maximum absolute atomic E-state index is 14.3. The third kappa shape index (κ3) is 3.17. The highest BCUT2D eigenvalue weighted by Gasteiger charge is 2.75. The van der Waals surface area contributed by atoms with Crippen LogP contribution in [-0.2, 0) is 14.3 Å². The van der Waals surface area contributed by atoms with Gasteiger partial charge in [-0.3, -0.25) is 9.59 Å². The van der Waals surface area contributed by atoms with Gasteiger partial charge in [0.2, 0.25) is 0 Å². The lowest BCUT2D eigenvalue weighted by Gasteiger charge is -2.64. The second kappa shape index (κ2) is 7.84. The van der Waals surface area contributed by atoms with Crippen LogP contribution in [0, 0.1) is 39.4 Å². The van der Waals surface area contributed by atoms with Crippen molar-refractivity contribution >= 4 is 11.6 Å². The molecule has 4 aliphatic carbocycles. The molecule has 36 heavy (non-hydrogen) atoms. The number of carbonyl (C=O) groups is 2. The van der Waals surface area contributed by atoms with Crippen LogP contribution < -0.4 is 0 Å². The van der Waals surface area contributed by atoms with Crippen molar-refractivity contribution in [1.82, 2.24) is 0 Å². The number of allylic oxidation sites excluding steroid dienone is 2. The van der Waals surface area contributed by atoms with E-state index >= 15 is 0 Å². The Labute approximate surface area is 215 Å². The minimum atomic E-state index is -1.05. The highest BCUT2D eigenvalue weighted by molar-refractivity contribution is 5.94. The summed E-state index contributed by atoms with van der Waals surface area (Å²) >= 11 is 0. The molecule has 0 unspecified atom stereocenters. The molecule has 0 radical (unpaired) electrons. The van der Waals surface area contributed by atoms with Gasteiger partial charge in [0.15, 0.2) is 5.78 Å². The predicted molar refractivity (Wildman–Crippen MR) is 136 cm³/mol. The molecule has 1 heterocycles. The topological polar surface area (TPSA) is 104 Å². The zero-order valence-electron chi connectivity index (χ0n) is 22.9. The third-order valence-electron chi connectivity index (χ3n) is 11.7. The van der Waals surface area contributed by atoms with Crippen molar-refractivity contribution in [2.45, 2.75) is 104 Å². The Balaban J connectivity index is 1.59. The van der Waals surface area contributed by atoms with Gasteiger partial charge in [0.25, 0.3) is 0 Å². The predicted octanol–water partition coefficient (Wildman–Crippen LogP) is 3.77. The number of ether oxygens (including phenoxy) is 1. The first-order chi connectivity index (χ1) is 16.5.